The van der Waals surface area contributed by atoms with Crippen molar-refractivity contribution in [2.75, 3.05) is 18.4 Å². The number of ether oxygens (including phenoxy) is 1. The maximum absolute atomic E-state index is 11.5. The van der Waals surface area contributed by atoms with E-state index in [-0.39, 0.29) is 10.9 Å². The van der Waals surface area contributed by atoms with Crippen LogP contribution in [-0.4, -0.2) is 47.4 Å². The zero-order valence-corrected chi connectivity index (χ0v) is 26.1. The van der Waals surface area contributed by atoms with Crippen molar-refractivity contribution in [3.63, 3.8) is 0 Å². The number of rotatable bonds is 7. The summed E-state index contributed by atoms with van der Waals surface area (Å²) < 4.78 is 30.4. The zero-order valence-electron chi connectivity index (χ0n) is 24.4. The third-order valence-electron chi connectivity index (χ3n) is 7.51. The molecule has 4 heterocycles. The average molecular weight is 625 g/mol. The average Bonchev–Trinajstić information content (AvgIpc) is 3.48. The Morgan fingerprint density at radius 1 is 1.02 bits per heavy atom. The van der Waals surface area contributed by atoms with Crippen molar-refractivity contribution in [2.45, 2.75) is 44.2 Å². The van der Waals surface area contributed by atoms with Gasteiger partial charge in [0.25, 0.3) is 0 Å². The summed E-state index contributed by atoms with van der Waals surface area (Å²) in [6.07, 6.45) is 3.59. The van der Waals surface area contributed by atoms with Crippen LogP contribution in [0.4, 0.5) is 5.95 Å². The van der Waals surface area contributed by atoms with Crippen molar-refractivity contribution < 1.29 is 13.2 Å². The van der Waals surface area contributed by atoms with E-state index in [0.717, 1.165) is 76.4 Å². The molecule has 1 aliphatic rings. The molecule has 0 aliphatic carbocycles. The molecule has 6 rings (SSSR count). The standard InChI is InChI=1S/C33H32N6O3S2/c1-22-19-25(6-9-26-5-3-4-15-35-26)20-23(2)30(22)42-32-31-29(14-18-43-31)37-33(38-32)36-27-12-16-39(17-13-27)21-24-7-10-28(11-8-24)44(34,40)41/h3-5,7-8,10-11,14-15,18-20,27H,12-13,16-17,21H2,1-2H3,(H2,34,40,41)(H,36,37,38). The van der Waals surface area contributed by atoms with Crippen LogP contribution in [0.5, 0.6) is 11.6 Å². The Morgan fingerprint density at radius 3 is 2.45 bits per heavy atom. The van der Waals surface area contributed by atoms with Gasteiger partial charge in [0.15, 0.2) is 0 Å². The molecule has 1 saturated heterocycles. The molecule has 11 heteroatoms. The highest BCUT2D eigenvalue weighted by atomic mass is 32.2. The second-order valence-electron chi connectivity index (χ2n) is 10.9. The van der Waals surface area contributed by atoms with E-state index in [2.05, 4.69) is 27.0 Å². The Labute approximate surface area is 261 Å². The van der Waals surface area contributed by atoms with Crippen LogP contribution in [0.15, 0.2) is 77.1 Å². The summed E-state index contributed by atoms with van der Waals surface area (Å²) in [6, 6.07) is 18.7. The van der Waals surface area contributed by atoms with E-state index >= 15 is 0 Å². The minimum absolute atomic E-state index is 0.128. The summed E-state index contributed by atoms with van der Waals surface area (Å²) in [5.41, 5.74) is 5.47. The third-order valence-corrected chi connectivity index (χ3v) is 9.33. The number of sulfonamides is 1. The van der Waals surface area contributed by atoms with E-state index in [1.165, 1.54) is 0 Å². The molecule has 0 radical (unpaired) electrons. The second kappa shape index (κ2) is 12.7. The van der Waals surface area contributed by atoms with E-state index in [1.807, 2.05) is 67.8 Å². The van der Waals surface area contributed by atoms with Crippen molar-refractivity contribution in [3.05, 3.63) is 100 Å². The van der Waals surface area contributed by atoms with Crippen LogP contribution in [-0.2, 0) is 16.6 Å². The predicted octanol–water partition coefficient (Wildman–Crippen LogP) is 5.62. The number of aromatic nitrogens is 3. The molecule has 0 saturated carbocycles. The van der Waals surface area contributed by atoms with Gasteiger partial charge in [-0.15, -0.1) is 11.3 Å². The topological polar surface area (TPSA) is 123 Å². The summed E-state index contributed by atoms with van der Waals surface area (Å²) in [6.45, 7) is 6.57. The molecule has 1 fully saturated rings. The first-order chi connectivity index (χ1) is 21.2. The Balaban J connectivity index is 1.13. The third kappa shape index (κ3) is 7.06. The fourth-order valence-corrected chi connectivity index (χ4v) is 6.56. The van der Waals surface area contributed by atoms with Gasteiger partial charge in [-0.1, -0.05) is 24.1 Å². The van der Waals surface area contributed by atoms with Crippen LogP contribution in [0.1, 0.15) is 40.8 Å². The Kier molecular flexibility index (Phi) is 8.59. The molecule has 5 aromatic rings. The minimum atomic E-state index is -3.69. The van der Waals surface area contributed by atoms with E-state index in [4.69, 9.17) is 19.8 Å². The number of aryl methyl sites for hydroxylation is 2. The summed E-state index contributed by atoms with van der Waals surface area (Å²) >= 11 is 1.56. The normalized spacial score (nSPS) is 14.2. The molecular weight excluding hydrogens is 593 g/mol. The molecule has 0 spiro atoms. The van der Waals surface area contributed by atoms with Crippen LogP contribution in [0.25, 0.3) is 10.2 Å². The Hall–Kier alpha value is -4.34. The van der Waals surface area contributed by atoms with Gasteiger partial charge in [-0.3, -0.25) is 4.90 Å². The number of nitrogens with zero attached hydrogens (tertiary/aromatic N) is 4. The summed E-state index contributed by atoms with van der Waals surface area (Å²) in [5.74, 6) is 8.17. The second-order valence-corrected chi connectivity index (χ2v) is 13.4. The largest absolute Gasteiger partial charge is 0.437 e. The first-order valence-electron chi connectivity index (χ1n) is 14.3. The monoisotopic (exact) mass is 624 g/mol. The Morgan fingerprint density at radius 2 is 1.77 bits per heavy atom. The summed E-state index contributed by atoms with van der Waals surface area (Å²) in [5, 5.41) is 10.8. The molecule has 1 aliphatic heterocycles. The minimum Gasteiger partial charge on any atom is -0.437 e. The first kappa shape index (κ1) is 29.7. The Bertz CT molecular complexity index is 1940. The molecule has 0 bridgehead atoms. The lowest BCUT2D eigenvalue weighted by molar-refractivity contribution is 0.211. The maximum Gasteiger partial charge on any atom is 0.242 e. The van der Waals surface area contributed by atoms with Gasteiger partial charge in [0, 0.05) is 37.4 Å². The smallest absolute Gasteiger partial charge is 0.242 e. The highest BCUT2D eigenvalue weighted by Gasteiger charge is 2.22. The predicted molar refractivity (Wildman–Crippen MR) is 173 cm³/mol. The van der Waals surface area contributed by atoms with E-state index in [1.54, 1.807) is 29.7 Å². The van der Waals surface area contributed by atoms with Gasteiger partial charge >= 0.3 is 0 Å². The molecule has 0 atom stereocenters. The number of benzene rings is 2. The van der Waals surface area contributed by atoms with Gasteiger partial charge in [0.2, 0.25) is 21.9 Å². The fourth-order valence-electron chi connectivity index (χ4n) is 5.28. The van der Waals surface area contributed by atoms with Gasteiger partial charge in [-0.05, 0) is 97.1 Å². The number of primary sulfonamides is 1. The number of pyridine rings is 1. The van der Waals surface area contributed by atoms with Gasteiger partial charge in [-0.25, -0.2) is 23.5 Å². The summed E-state index contributed by atoms with van der Waals surface area (Å²) in [7, 11) is -3.69. The lowest BCUT2D eigenvalue weighted by Crippen LogP contribution is -2.39. The first-order valence-corrected chi connectivity index (χ1v) is 16.7. The molecule has 0 unspecified atom stereocenters. The van der Waals surface area contributed by atoms with Gasteiger partial charge < -0.3 is 10.1 Å². The lowest BCUT2D eigenvalue weighted by Gasteiger charge is -2.32. The lowest BCUT2D eigenvalue weighted by atomic mass is 10.0. The quantitative estimate of drug-likeness (QED) is 0.224. The van der Waals surface area contributed by atoms with Crippen molar-refractivity contribution >= 4 is 37.5 Å². The van der Waals surface area contributed by atoms with Crippen molar-refractivity contribution in [1.82, 2.24) is 19.9 Å². The van der Waals surface area contributed by atoms with E-state index in [0.29, 0.717) is 11.8 Å². The van der Waals surface area contributed by atoms with Crippen LogP contribution in [0.2, 0.25) is 0 Å². The fraction of sp³-hybridized carbons (Fsp3) is 0.242. The number of fused-ring (bicyclic) bond motifs is 1. The molecule has 2 aromatic carbocycles. The number of anilines is 1. The number of hydrogen-bond acceptors (Lipinski definition) is 9. The highest BCUT2D eigenvalue weighted by Crippen LogP contribution is 2.36. The number of piperidine rings is 1. The maximum atomic E-state index is 11.5. The van der Waals surface area contributed by atoms with Crippen molar-refractivity contribution in [2.24, 2.45) is 5.14 Å². The van der Waals surface area contributed by atoms with Gasteiger partial charge in [0.05, 0.1) is 10.4 Å². The number of likely N-dealkylation sites (tertiary alicyclic amines) is 1. The molecule has 224 valence electrons. The molecular formula is C33H32N6O3S2. The van der Waals surface area contributed by atoms with Crippen LogP contribution in [0.3, 0.4) is 0 Å². The van der Waals surface area contributed by atoms with E-state index in [9.17, 15) is 8.42 Å². The number of thiophene rings is 1. The molecule has 9 nitrogen and oxygen atoms in total. The number of nitrogens with two attached hydrogens (primary N) is 1. The SMILES string of the molecule is Cc1cc(C#Cc2ccccn2)cc(C)c1Oc1nc(NC2CCN(Cc3ccc(S(N)(=O)=O)cc3)CC2)nc2ccsc12. The highest BCUT2D eigenvalue weighted by molar-refractivity contribution is 7.89. The molecule has 3 N–H and O–H groups in total. The molecule has 0 amide bonds. The van der Waals surface area contributed by atoms with Crippen molar-refractivity contribution in [3.8, 4) is 23.5 Å². The van der Waals surface area contributed by atoms with E-state index < -0.39 is 10.0 Å². The summed E-state index contributed by atoms with van der Waals surface area (Å²) in [4.78, 5) is 16.3. The van der Waals surface area contributed by atoms with Crippen LogP contribution < -0.4 is 15.2 Å². The van der Waals surface area contributed by atoms with Crippen LogP contribution in [0, 0.1) is 25.7 Å². The number of hydrogen-bond donors (Lipinski definition) is 2. The number of nitrogens with one attached hydrogen (secondary N) is 1. The van der Waals surface area contributed by atoms with Crippen molar-refractivity contribution in [1.29, 1.82) is 0 Å². The van der Waals surface area contributed by atoms with Gasteiger partial charge in [-0.2, -0.15) is 4.98 Å². The van der Waals surface area contributed by atoms with Gasteiger partial charge in [0.1, 0.15) is 16.1 Å². The van der Waals surface area contributed by atoms with Crippen LogP contribution >= 0.6 is 11.3 Å². The zero-order chi connectivity index (χ0) is 30.7. The molecule has 44 heavy (non-hydrogen) atoms. The molecule has 3 aromatic heterocycles.